The number of anilines is 2. The van der Waals surface area contributed by atoms with Gasteiger partial charge in [0, 0.05) is 11.8 Å². The average molecular weight is 387 g/mol. The molecule has 2 aromatic carbocycles. The highest BCUT2D eigenvalue weighted by atomic mass is 16.5. The lowest BCUT2D eigenvalue weighted by Crippen LogP contribution is -2.17. The van der Waals surface area contributed by atoms with E-state index in [9.17, 15) is 9.59 Å². The fraction of sp³-hybridized carbons (Fsp3) is 0.0455. The Kier molecular flexibility index (Phi) is 4.94. The predicted octanol–water partition coefficient (Wildman–Crippen LogP) is 4.34. The van der Waals surface area contributed by atoms with Gasteiger partial charge in [-0.05, 0) is 36.4 Å². The van der Waals surface area contributed by atoms with Gasteiger partial charge in [-0.3, -0.25) is 14.6 Å². The number of carbonyl (C=O) groups is 2. The van der Waals surface area contributed by atoms with Crippen LogP contribution in [0.5, 0.6) is 5.75 Å². The summed E-state index contributed by atoms with van der Waals surface area (Å²) in [5.41, 5.74) is 1.92. The first kappa shape index (κ1) is 18.2. The summed E-state index contributed by atoms with van der Waals surface area (Å²) in [5, 5.41) is 5.51. The summed E-state index contributed by atoms with van der Waals surface area (Å²) in [5.74, 6) is -0.444. The molecule has 0 radical (unpaired) electrons. The third-order valence-corrected chi connectivity index (χ3v) is 4.28. The number of rotatable bonds is 5. The maximum Gasteiger partial charge on any atom is 0.293 e. The van der Waals surface area contributed by atoms with E-state index in [1.807, 2.05) is 6.07 Å². The molecule has 0 unspecified atom stereocenters. The van der Waals surface area contributed by atoms with Crippen LogP contribution < -0.4 is 15.4 Å². The van der Waals surface area contributed by atoms with Crippen LogP contribution in [-0.4, -0.2) is 23.9 Å². The van der Waals surface area contributed by atoms with Crippen molar-refractivity contribution in [2.24, 2.45) is 0 Å². The molecule has 0 aliphatic heterocycles. The zero-order chi connectivity index (χ0) is 20.2. The summed E-state index contributed by atoms with van der Waals surface area (Å²) in [6.45, 7) is 0. The zero-order valence-electron chi connectivity index (χ0n) is 15.5. The quantitative estimate of drug-likeness (QED) is 0.531. The monoisotopic (exact) mass is 387 g/mol. The van der Waals surface area contributed by atoms with Gasteiger partial charge in [0.25, 0.3) is 11.8 Å². The summed E-state index contributed by atoms with van der Waals surface area (Å²) in [6.07, 6.45) is 1.57. The van der Waals surface area contributed by atoms with E-state index in [-0.39, 0.29) is 17.4 Å². The fourth-order valence-electron chi connectivity index (χ4n) is 2.91. The Bertz CT molecular complexity index is 1190. The van der Waals surface area contributed by atoms with Crippen LogP contribution in [-0.2, 0) is 0 Å². The van der Waals surface area contributed by atoms with E-state index in [2.05, 4.69) is 15.6 Å². The number of furan rings is 1. The number of hydrogen-bond donors (Lipinski definition) is 2. The largest absolute Gasteiger partial charge is 0.495 e. The summed E-state index contributed by atoms with van der Waals surface area (Å²) in [4.78, 5) is 29.9. The van der Waals surface area contributed by atoms with Gasteiger partial charge in [-0.2, -0.15) is 0 Å². The molecule has 2 amide bonds. The van der Waals surface area contributed by atoms with Gasteiger partial charge in [0.2, 0.25) is 5.76 Å². The summed E-state index contributed by atoms with van der Waals surface area (Å²) >= 11 is 0. The third kappa shape index (κ3) is 3.66. The highest BCUT2D eigenvalue weighted by Crippen LogP contribution is 2.31. The molecule has 0 aliphatic carbocycles. The van der Waals surface area contributed by atoms with Gasteiger partial charge in [-0.15, -0.1) is 0 Å². The van der Waals surface area contributed by atoms with Crippen LogP contribution in [0.25, 0.3) is 11.1 Å². The van der Waals surface area contributed by atoms with Gasteiger partial charge in [-0.1, -0.05) is 30.3 Å². The molecule has 0 saturated heterocycles. The zero-order valence-corrected chi connectivity index (χ0v) is 15.5. The first-order chi connectivity index (χ1) is 14.2. The van der Waals surface area contributed by atoms with Crippen LogP contribution in [0.1, 0.15) is 20.9 Å². The second-order valence-corrected chi connectivity index (χ2v) is 6.13. The number of para-hydroxylation sites is 2. The second-order valence-electron chi connectivity index (χ2n) is 6.13. The number of amides is 2. The Morgan fingerprint density at radius 1 is 0.897 bits per heavy atom. The molecule has 2 N–H and O–H groups in total. The van der Waals surface area contributed by atoms with Crippen molar-refractivity contribution in [2.75, 3.05) is 17.7 Å². The maximum absolute atomic E-state index is 13.0. The smallest absolute Gasteiger partial charge is 0.293 e. The third-order valence-electron chi connectivity index (χ3n) is 4.28. The molecule has 7 nitrogen and oxygen atoms in total. The Labute approximate surface area is 166 Å². The molecular weight excluding hydrogens is 370 g/mol. The molecule has 29 heavy (non-hydrogen) atoms. The molecule has 0 bridgehead atoms. The number of fused-ring (bicyclic) bond motifs is 1. The van der Waals surface area contributed by atoms with Crippen LogP contribution in [0.4, 0.5) is 11.4 Å². The molecule has 0 fully saturated rings. The van der Waals surface area contributed by atoms with E-state index in [0.717, 1.165) is 0 Å². The number of aromatic nitrogens is 1. The highest BCUT2D eigenvalue weighted by Gasteiger charge is 2.24. The molecule has 0 saturated carbocycles. The minimum absolute atomic E-state index is 0.0473. The minimum Gasteiger partial charge on any atom is -0.495 e. The summed E-state index contributed by atoms with van der Waals surface area (Å²) in [7, 11) is 1.52. The number of benzene rings is 2. The van der Waals surface area contributed by atoms with Crippen molar-refractivity contribution >= 4 is 34.3 Å². The molecule has 0 atom stereocenters. The first-order valence-electron chi connectivity index (χ1n) is 8.85. The number of nitrogens with zero attached hydrogens (tertiary/aromatic N) is 1. The number of ether oxygens (including phenoxy) is 1. The van der Waals surface area contributed by atoms with Gasteiger partial charge in [0.05, 0.1) is 12.8 Å². The van der Waals surface area contributed by atoms with Crippen LogP contribution in [0, 0.1) is 0 Å². The van der Waals surface area contributed by atoms with E-state index >= 15 is 0 Å². The standard InChI is InChI=1S/C22H17N3O4/c1-28-16-11-6-5-10-15(16)24-22(27)20-19(18-17(29-20)12-7-13-23-18)25-21(26)14-8-3-2-4-9-14/h2-13H,1H3,(H,24,27)(H,25,26). The van der Waals surface area contributed by atoms with Crippen molar-refractivity contribution in [1.29, 1.82) is 0 Å². The number of pyridine rings is 1. The number of hydrogen-bond acceptors (Lipinski definition) is 5. The van der Waals surface area contributed by atoms with Crippen molar-refractivity contribution in [2.45, 2.75) is 0 Å². The van der Waals surface area contributed by atoms with E-state index < -0.39 is 5.91 Å². The average Bonchev–Trinajstić information content (AvgIpc) is 3.13. The summed E-state index contributed by atoms with van der Waals surface area (Å²) < 4.78 is 11.0. The van der Waals surface area contributed by atoms with Gasteiger partial charge < -0.3 is 19.8 Å². The van der Waals surface area contributed by atoms with Gasteiger partial charge >= 0.3 is 0 Å². The predicted molar refractivity (Wildman–Crippen MR) is 109 cm³/mol. The maximum atomic E-state index is 13.0. The number of nitrogens with one attached hydrogen (secondary N) is 2. The van der Waals surface area contributed by atoms with Crippen LogP contribution in [0.3, 0.4) is 0 Å². The Hall–Kier alpha value is -4.13. The highest BCUT2D eigenvalue weighted by molar-refractivity contribution is 6.16. The normalized spacial score (nSPS) is 10.5. The van der Waals surface area contributed by atoms with Crippen LogP contribution in [0.2, 0.25) is 0 Å². The van der Waals surface area contributed by atoms with Crippen LogP contribution >= 0.6 is 0 Å². The lowest BCUT2D eigenvalue weighted by atomic mass is 10.2. The molecule has 4 aromatic rings. The number of carbonyl (C=O) groups excluding carboxylic acids is 2. The first-order valence-corrected chi connectivity index (χ1v) is 8.85. The van der Waals surface area contributed by atoms with Crippen molar-refractivity contribution < 1.29 is 18.7 Å². The van der Waals surface area contributed by atoms with E-state index in [4.69, 9.17) is 9.15 Å². The van der Waals surface area contributed by atoms with E-state index in [1.165, 1.54) is 7.11 Å². The summed E-state index contributed by atoms with van der Waals surface area (Å²) in [6, 6.07) is 19.1. The Morgan fingerprint density at radius 2 is 1.66 bits per heavy atom. The Balaban J connectivity index is 1.71. The fourth-order valence-corrected chi connectivity index (χ4v) is 2.91. The molecular formula is C22H17N3O4. The van der Waals surface area contributed by atoms with E-state index in [1.54, 1.807) is 66.9 Å². The van der Waals surface area contributed by atoms with Crippen molar-refractivity contribution in [3.63, 3.8) is 0 Å². The molecule has 0 aliphatic rings. The molecule has 7 heteroatoms. The lowest BCUT2D eigenvalue weighted by molar-refractivity contribution is 0.0999. The minimum atomic E-state index is -0.532. The molecule has 144 valence electrons. The SMILES string of the molecule is COc1ccccc1NC(=O)c1oc2cccnc2c1NC(=O)c1ccccc1. The van der Waals surface area contributed by atoms with Gasteiger partial charge in [0.1, 0.15) is 17.0 Å². The van der Waals surface area contributed by atoms with Crippen LogP contribution in [0.15, 0.2) is 77.3 Å². The topological polar surface area (TPSA) is 93.5 Å². The number of methoxy groups -OCH3 is 1. The van der Waals surface area contributed by atoms with Crippen molar-refractivity contribution in [3.05, 3.63) is 84.3 Å². The van der Waals surface area contributed by atoms with Gasteiger partial charge in [0.15, 0.2) is 5.58 Å². The molecule has 2 aromatic heterocycles. The lowest BCUT2D eigenvalue weighted by Gasteiger charge is -2.10. The molecule has 2 heterocycles. The molecule has 0 spiro atoms. The van der Waals surface area contributed by atoms with Crippen molar-refractivity contribution in [1.82, 2.24) is 4.98 Å². The van der Waals surface area contributed by atoms with E-state index in [0.29, 0.717) is 28.1 Å². The molecule has 4 rings (SSSR count). The Morgan fingerprint density at radius 3 is 2.45 bits per heavy atom. The second kappa shape index (κ2) is 7.85. The van der Waals surface area contributed by atoms with Gasteiger partial charge in [-0.25, -0.2) is 0 Å². The van der Waals surface area contributed by atoms with Crippen molar-refractivity contribution in [3.8, 4) is 5.75 Å².